The Morgan fingerprint density at radius 2 is 2.15 bits per heavy atom. The normalized spacial score (nSPS) is 13.0. The fourth-order valence-electron chi connectivity index (χ4n) is 2.97. The lowest BCUT2D eigenvalue weighted by molar-refractivity contribution is 0.102. The third kappa shape index (κ3) is 3.36. The van der Waals surface area contributed by atoms with Crippen LogP contribution in [-0.2, 0) is 13.0 Å². The zero-order chi connectivity index (χ0) is 17.4. The molecule has 2 aromatic heterocycles. The van der Waals surface area contributed by atoms with Gasteiger partial charge in [0.1, 0.15) is 6.26 Å². The number of hydrogen-bond acceptors (Lipinski definition) is 5. The van der Waals surface area contributed by atoms with Gasteiger partial charge in [-0.2, -0.15) is 5.10 Å². The van der Waals surface area contributed by atoms with Crippen molar-refractivity contribution in [2.45, 2.75) is 26.8 Å². The van der Waals surface area contributed by atoms with Gasteiger partial charge in [0.2, 0.25) is 5.89 Å². The first-order valence-corrected chi connectivity index (χ1v) is 8.23. The van der Waals surface area contributed by atoms with Crippen LogP contribution in [0.15, 0.2) is 28.9 Å². The van der Waals surface area contributed by atoms with Crippen LogP contribution in [0.4, 0.5) is 5.69 Å². The van der Waals surface area contributed by atoms with Crippen molar-refractivity contribution in [2.75, 3.05) is 11.9 Å². The molecule has 26 heavy (non-hydrogen) atoms. The van der Waals surface area contributed by atoms with Gasteiger partial charge < -0.3 is 15.1 Å². The Balaban J connectivity index is 0.00000196. The van der Waals surface area contributed by atoms with Crippen molar-refractivity contribution in [3.63, 3.8) is 0 Å². The molecule has 8 heteroatoms. The Hall–Kier alpha value is -2.64. The molecule has 3 heterocycles. The lowest BCUT2D eigenvalue weighted by Gasteiger charge is -2.13. The SMILES string of the molecule is Cc1coc(-c2ccc(C)c(NC(=O)c3n[nH]c4c3CNCC4)c2)n1.Cl. The molecule has 0 aliphatic carbocycles. The smallest absolute Gasteiger partial charge is 0.276 e. The largest absolute Gasteiger partial charge is 0.444 e. The van der Waals surface area contributed by atoms with Crippen molar-refractivity contribution in [2.24, 2.45) is 0 Å². The van der Waals surface area contributed by atoms with Gasteiger partial charge in [0.15, 0.2) is 5.69 Å². The number of aryl methyl sites for hydroxylation is 2. The number of benzene rings is 1. The topological polar surface area (TPSA) is 95.8 Å². The number of H-pyrrole nitrogens is 1. The zero-order valence-electron chi connectivity index (χ0n) is 14.5. The molecule has 0 unspecified atom stereocenters. The Morgan fingerprint density at radius 1 is 1.31 bits per heavy atom. The highest BCUT2D eigenvalue weighted by Crippen LogP contribution is 2.26. The van der Waals surface area contributed by atoms with E-state index in [4.69, 9.17) is 4.42 Å². The van der Waals surface area contributed by atoms with Crippen LogP contribution in [0.3, 0.4) is 0 Å². The highest BCUT2D eigenvalue weighted by atomic mass is 35.5. The molecule has 1 amide bonds. The molecule has 1 aliphatic heterocycles. The Morgan fingerprint density at radius 3 is 2.92 bits per heavy atom. The first-order chi connectivity index (χ1) is 12.1. The maximum Gasteiger partial charge on any atom is 0.276 e. The summed E-state index contributed by atoms with van der Waals surface area (Å²) in [6.45, 7) is 5.37. The van der Waals surface area contributed by atoms with Crippen molar-refractivity contribution in [1.82, 2.24) is 20.5 Å². The van der Waals surface area contributed by atoms with Crippen LogP contribution in [0.2, 0.25) is 0 Å². The summed E-state index contributed by atoms with van der Waals surface area (Å²) in [6.07, 6.45) is 2.46. The van der Waals surface area contributed by atoms with Gasteiger partial charge in [0.05, 0.1) is 5.69 Å². The van der Waals surface area contributed by atoms with Crippen LogP contribution in [0.5, 0.6) is 0 Å². The number of anilines is 1. The molecule has 1 aliphatic rings. The number of fused-ring (bicyclic) bond motifs is 1. The number of rotatable bonds is 3. The fourth-order valence-corrected chi connectivity index (χ4v) is 2.97. The molecule has 0 fully saturated rings. The molecule has 0 spiro atoms. The van der Waals surface area contributed by atoms with Gasteiger partial charge in [-0.3, -0.25) is 9.89 Å². The van der Waals surface area contributed by atoms with E-state index in [1.807, 2.05) is 32.0 Å². The summed E-state index contributed by atoms with van der Waals surface area (Å²) in [5, 5.41) is 13.4. The summed E-state index contributed by atoms with van der Waals surface area (Å²) in [7, 11) is 0. The average Bonchev–Trinajstić information content (AvgIpc) is 3.23. The first kappa shape index (κ1) is 18.2. The Labute approximate surface area is 157 Å². The maximum absolute atomic E-state index is 12.7. The number of halogens is 1. The van der Waals surface area contributed by atoms with Gasteiger partial charge in [-0.1, -0.05) is 6.07 Å². The zero-order valence-corrected chi connectivity index (χ0v) is 15.4. The Kier molecular flexibility index (Phi) is 5.11. The van der Waals surface area contributed by atoms with E-state index >= 15 is 0 Å². The minimum absolute atomic E-state index is 0. The summed E-state index contributed by atoms with van der Waals surface area (Å²) in [4.78, 5) is 17.0. The summed E-state index contributed by atoms with van der Waals surface area (Å²) < 4.78 is 5.45. The number of carbonyl (C=O) groups is 1. The minimum atomic E-state index is -0.218. The number of aromatic amines is 1. The maximum atomic E-state index is 12.7. The lowest BCUT2D eigenvalue weighted by atomic mass is 10.1. The van der Waals surface area contributed by atoms with Crippen LogP contribution in [0.25, 0.3) is 11.5 Å². The molecule has 3 aromatic rings. The predicted octanol–water partition coefficient (Wildman–Crippen LogP) is 3.00. The van der Waals surface area contributed by atoms with E-state index in [2.05, 4.69) is 25.8 Å². The highest BCUT2D eigenvalue weighted by Gasteiger charge is 2.22. The van der Waals surface area contributed by atoms with Gasteiger partial charge in [-0.05, 0) is 31.5 Å². The molecule has 0 saturated carbocycles. The lowest BCUT2D eigenvalue weighted by Crippen LogP contribution is -2.25. The third-order valence-electron chi connectivity index (χ3n) is 4.37. The molecule has 0 radical (unpaired) electrons. The number of nitrogens with zero attached hydrogens (tertiary/aromatic N) is 2. The summed E-state index contributed by atoms with van der Waals surface area (Å²) >= 11 is 0. The average molecular weight is 374 g/mol. The predicted molar refractivity (Wildman–Crippen MR) is 101 cm³/mol. The number of nitrogens with one attached hydrogen (secondary N) is 3. The highest BCUT2D eigenvalue weighted by molar-refractivity contribution is 6.04. The van der Waals surface area contributed by atoms with Crippen molar-refractivity contribution in [3.8, 4) is 11.5 Å². The molecular formula is C18H20ClN5O2. The number of hydrogen-bond donors (Lipinski definition) is 3. The minimum Gasteiger partial charge on any atom is -0.444 e. The fraction of sp³-hybridized carbons (Fsp3) is 0.278. The second kappa shape index (κ2) is 7.31. The van der Waals surface area contributed by atoms with E-state index in [1.54, 1.807) is 6.26 Å². The quantitative estimate of drug-likeness (QED) is 0.655. The van der Waals surface area contributed by atoms with Crippen molar-refractivity contribution in [3.05, 3.63) is 52.7 Å². The second-order valence-corrected chi connectivity index (χ2v) is 6.23. The van der Waals surface area contributed by atoms with Gasteiger partial charge in [0, 0.05) is 42.0 Å². The number of amides is 1. The number of oxazole rings is 1. The van der Waals surface area contributed by atoms with Crippen LogP contribution in [-0.4, -0.2) is 27.6 Å². The van der Waals surface area contributed by atoms with Gasteiger partial charge >= 0.3 is 0 Å². The summed E-state index contributed by atoms with van der Waals surface area (Å²) in [6, 6.07) is 5.73. The molecule has 3 N–H and O–H groups in total. The van der Waals surface area contributed by atoms with Crippen LogP contribution in [0, 0.1) is 13.8 Å². The molecule has 136 valence electrons. The Bertz CT molecular complexity index is 947. The van der Waals surface area contributed by atoms with E-state index in [1.165, 1.54) is 0 Å². The molecular weight excluding hydrogens is 354 g/mol. The van der Waals surface area contributed by atoms with Gasteiger partial charge in [0.25, 0.3) is 5.91 Å². The monoisotopic (exact) mass is 373 g/mol. The van der Waals surface area contributed by atoms with Crippen LogP contribution in [0.1, 0.15) is 33.0 Å². The van der Waals surface area contributed by atoms with E-state index < -0.39 is 0 Å². The molecule has 0 saturated heterocycles. The van der Waals surface area contributed by atoms with Crippen molar-refractivity contribution >= 4 is 24.0 Å². The van der Waals surface area contributed by atoms with E-state index in [-0.39, 0.29) is 18.3 Å². The van der Waals surface area contributed by atoms with Gasteiger partial charge in [-0.25, -0.2) is 4.98 Å². The third-order valence-corrected chi connectivity index (χ3v) is 4.37. The molecule has 0 bridgehead atoms. The van der Waals surface area contributed by atoms with E-state index in [0.29, 0.717) is 18.1 Å². The van der Waals surface area contributed by atoms with Crippen molar-refractivity contribution in [1.29, 1.82) is 0 Å². The summed E-state index contributed by atoms with van der Waals surface area (Å²) in [5.41, 5.74) is 5.74. The van der Waals surface area contributed by atoms with Crippen molar-refractivity contribution < 1.29 is 9.21 Å². The molecule has 4 rings (SSSR count). The molecule has 1 aromatic carbocycles. The first-order valence-electron chi connectivity index (χ1n) is 8.23. The van der Waals surface area contributed by atoms with E-state index in [0.717, 1.165) is 46.7 Å². The van der Waals surface area contributed by atoms with Crippen LogP contribution >= 0.6 is 12.4 Å². The van der Waals surface area contributed by atoms with Crippen LogP contribution < -0.4 is 10.6 Å². The van der Waals surface area contributed by atoms with Gasteiger partial charge in [-0.15, -0.1) is 12.4 Å². The molecule has 0 atom stereocenters. The summed E-state index contributed by atoms with van der Waals surface area (Å²) in [5.74, 6) is 0.319. The van der Waals surface area contributed by atoms with E-state index in [9.17, 15) is 4.79 Å². The number of carbonyl (C=O) groups excluding carboxylic acids is 1. The molecule has 7 nitrogen and oxygen atoms in total. The standard InChI is InChI=1S/C18H19N5O2.ClH/c1-10-3-4-12(18-20-11(2)9-25-18)7-15(10)21-17(24)16-13-8-19-6-5-14(13)22-23-16;/h3-4,7,9,19H,5-6,8H2,1-2H3,(H,21,24)(H,22,23);1H. The second-order valence-electron chi connectivity index (χ2n) is 6.23. The number of aromatic nitrogens is 3.